The van der Waals surface area contributed by atoms with Crippen LogP contribution in [0.5, 0.6) is 0 Å². The molecule has 0 aromatic carbocycles. The Kier molecular flexibility index (Phi) is 4.78. The summed E-state index contributed by atoms with van der Waals surface area (Å²) in [6, 6.07) is 0. The van der Waals surface area contributed by atoms with Gasteiger partial charge in [-0.3, -0.25) is 9.59 Å². The number of ether oxygens (including phenoxy) is 1. The van der Waals surface area contributed by atoms with E-state index < -0.39 is 0 Å². The third-order valence-electron chi connectivity index (χ3n) is 5.18. The smallest absolute Gasteiger partial charge is 0.225 e. The predicted octanol–water partition coefficient (Wildman–Crippen LogP) is 1.27. The van der Waals surface area contributed by atoms with Gasteiger partial charge in [-0.05, 0) is 25.7 Å². The first-order valence-corrected chi connectivity index (χ1v) is 8.41. The molecule has 21 heavy (non-hydrogen) atoms. The number of amides is 2. The maximum absolute atomic E-state index is 12.5. The van der Waals surface area contributed by atoms with Gasteiger partial charge in [0.25, 0.3) is 0 Å². The Bertz CT molecular complexity index is 379. The molecule has 5 nitrogen and oxygen atoms in total. The van der Waals surface area contributed by atoms with Crippen LogP contribution in [0.2, 0.25) is 0 Å². The molecular weight excluding hydrogens is 268 g/mol. The van der Waals surface area contributed by atoms with Crippen LogP contribution in [0.1, 0.15) is 38.5 Å². The molecule has 3 rings (SSSR count). The van der Waals surface area contributed by atoms with Crippen molar-refractivity contribution in [2.75, 3.05) is 39.4 Å². The molecule has 2 aliphatic heterocycles. The van der Waals surface area contributed by atoms with Crippen LogP contribution in [-0.4, -0.2) is 61.0 Å². The van der Waals surface area contributed by atoms with Crippen molar-refractivity contribution in [3.8, 4) is 0 Å². The third-order valence-corrected chi connectivity index (χ3v) is 5.18. The second-order valence-electron chi connectivity index (χ2n) is 6.52. The molecule has 1 saturated carbocycles. The highest BCUT2D eigenvalue weighted by Gasteiger charge is 2.32. The molecule has 3 aliphatic rings. The average molecular weight is 294 g/mol. The molecule has 0 spiro atoms. The summed E-state index contributed by atoms with van der Waals surface area (Å²) in [5.41, 5.74) is 0. The Labute approximate surface area is 126 Å². The summed E-state index contributed by atoms with van der Waals surface area (Å²) >= 11 is 0. The molecule has 2 heterocycles. The number of rotatable bonds is 2. The molecule has 0 aromatic heterocycles. The quantitative estimate of drug-likeness (QED) is 0.771. The summed E-state index contributed by atoms with van der Waals surface area (Å²) < 4.78 is 5.32. The van der Waals surface area contributed by atoms with Crippen molar-refractivity contribution in [2.24, 2.45) is 11.8 Å². The maximum Gasteiger partial charge on any atom is 0.225 e. The van der Waals surface area contributed by atoms with Crippen molar-refractivity contribution in [2.45, 2.75) is 38.5 Å². The lowest BCUT2D eigenvalue weighted by Crippen LogP contribution is -2.53. The zero-order valence-electron chi connectivity index (χ0n) is 12.8. The Morgan fingerprint density at radius 2 is 1.14 bits per heavy atom. The minimum absolute atomic E-state index is 0.135. The molecule has 2 saturated heterocycles. The number of piperazine rings is 1. The molecular formula is C16H26N2O3. The van der Waals surface area contributed by atoms with Gasteiger partial charge in [0.1, 0.15) is 0 Å². The van der Waals surface area contributed by atoms with E-state index in [1.165, 1.54) is 12.8 Å². The van der Waals surface area contributed by atoms with Crippen LogP contribution in [-0.2, 0) is 14.3 Å². The number of carbonyl (C=O) groups is 2. The first kappa shape index (κ1) is 14.8. The van der Waals surface area contributed by atoms with E-state index in [0.29, 0.717) is 45.3 Å². The first-order valence-electron chi connectivity index (χ1n) is 8.41. The van der Waals surface area contributed by atoms with Gasteiger partial charge >= 0.3 is 0 Å². The molecule has 0 aromatic rings. The van der Waals surface area contributed by atoms with E-state index in [9.17, 15) is 9.59 Å². The van der Waals surface area contributed by atoms with Crippen molar-refractivity contribution in [1.29, 1.82) is 0 Å². The Hall–Kier alpha value is -1.10. The number of carbonyl (C=O) groups excluding carboxylic acids is 2. The zero-order valence-corrected chi connectivity index (χ0v) is 12.8. The van der Waals surface area contributed by atoms with Crippen LogP contribution in [0.15, 0.2) is 0 Å². The second kappa shape index (κ2) is 6.77. The predicted molar refractivity (Wildman–Crippen MR) is 78.7 cm³/mol. The largest absolute Gasteiger partial charge is 0.381 e. The lowest BCUT2D eigenvalue weighted by Gasteiger charge is -2.38. The van der Waals surface area contributed by atoms with E-state index in [4.69, 9.17) is 4.74 Å². The maximum atomic E-state index is 12.5. The molecule has 0 bridgehead atoms. The van der Waals surface area contributed by atoms with Gasteiger partial charge in [0, 0.05) is 51.2 Å². The van der Waals surface area contributed by atoms with Crippen LogP contribution >= 0.6 is 0 Å². The minimum atomic E-state index is 0.135. The van der Waals surface area contributed by atoms with Crippen molar-refractivity contribution in [3.05, 3.63) is 0 Å². The molecule has 2 amide bonds. The molecule has 5 heteroatoms. The summed E-state index contributed by atoms with van der Waals surface area (Å²) in [7, 11) is 0. The molecule has 118 valence electrons. The fourth-order valence-corrected chi connectivity index (χ4v) is 3.78. The number of hydrogen-bond donors (Lipinski definition) is 0. The highest BCUT2D eigenvalue weighted by atomic mass is 16.5. The molecule has 0 atom stereocenters. The summed E-state index contributed by atoms with van der Waals surface area (Å²) in [6.45, 7) is 4.24. The number of nitrogens with zero attached hydrogens (tertiary/aromatic N) is 2. The minimum Gasteiger partial charge on any atom is -0.381 e. The van der Waals surface area contributed by atoms with Gasteiger partial charge in [0.05, 0.1) is 0 Å². The summed E-state index contributed by atoms with van der Waals surface area (Å²) in [5, 5.41) is 0. The van der Waals surface area contributed by atoms with Crippen molar-refractivity contribution >= 4 is 11.8 Å². The normalized spacial score (nSPS) is 25.3. The van der Waals surface area contributed by atoms with Crippen LogP contribution in [0.25, 0.3) is 0 Å². The first-order chi connectivity index (χ1) is 10.3. The third kappa shape index (κ3) is 3.39. The highest BCUT2D eigenvalue weighted by molar-refractivity contribution is 5.81. The molecule has 0 radical (unpaired) electrons. The Balaban J connectivity index is 1.48. The van der Waals surface area contributed by atoms with Gasteiger partial charge in [0.2, 0.25) is 11.8 Å². The van der Waals surface area contributed by atoms with E-state index in [1.807, 2.05) is 9.80 Å². The summed E-state index contributed by atoms with van der Waals surface area (Å²) in [5.74, 6) is 0.982. The van der Waals surface area contributed by atoms with Crippen LogP contribution in [0.3, 0.4) is 0 Å². The van der Waals surface area contributed by atoms with Gasteiger partial charge in [-0.2, -0.15) is 0 Å². The van der Waals surface area contributed by atoms with Crippen molar-refractivity contribution in [3.63, 3.8) is 0 Å². The molecule has 0 unspecified atom stereocenters. The van der Waals surface area contributed by atoms with E-state index in [1.54, 1.807) is 0 Å². The molecule has 0 N–H and O–H groups in total. The van der Waals surface area contributed by atoms with E-state index >= 15 is 0 Å². The lowest BCUT2D eigenvalue weighted by molar-refractivity contribution is -0.145. The van der Waals surface area contributed by atoms with E-state index in [2.05, 4.69) is 0 Å². The Morgan fingerprint density at radius 1 is 0.714 bits per heavy atom. The highest BCUT2D eigenvalue weighted by Crippen LogP contribution is 2.27. The Morgan fingerprint density at radius 3 is 1.62 bits per heavy atom. The second-order valence-corrected chi connectivity index (χ2v) is 6.52. The van der Waals surface area contributed by atoms with Crippen LogP contribution < -0.4 is 0 Å². The topological polar surface area (TPSA) is 49.9 Å². The van der Waals surface area contributed by atoms with Gasteiger partial charge in [-0.15, -0.1) is 0 Å². The monoisotopic (exact) mass is 294 g/mol. The van der Waals surface area contributed by atoms with Crippen molar-refractivity contribution in [1.82, 2.24) is 9.80 Å². The van der Waals surface area contributed by atoms with Gasteiger partial charge < -0.3 is 14.5 Å². The van der Waals surface area contributed by atoms with Crippen LogP contribution in [0, 0.1) is 11.8 Å². The zero-order chi connectivity index (χ0) is 14.7. The van der Waals surface area contributed by atoms with E-state index in [0.717, 1.165) is 25.7 Å². The van der Waals surface area contributed by atoms with E-state index in [-0.39, 0.29) is 17.7 Å². The van der Waals surface area contributed by atoms with Crippen molar-refractivity contribution < 1.29 is 14.3 Å². The molecule has 3 fully saturated rings. The average Bonchev–Trinajstić information content (AvgIpc) is 3.09. The van der Waals surface area contributed by atoms with Gasteiger partial charge in [0.15, 0.2) is 0 Å². The standard InChI is InChI=1S/C16H26N2O3/c19-15(13-3-1-2-4-13)17-7-9-18(10-8-17)16(20)14-5-11-21-12-6-14/h13-14H,1-12H2. The summed E-state index contributed by atoms with van der Waals surface area (Å²) in [4.78, 5) is 28.8. The number of hydrogen-bond acceptors (Lipinski definition) is 3. The lowest BCUT2D eigenvalue weighted by atomic mass is 9.98. The fraction of sp³-hybridized carbons (Fsp3) is 0.875. The molecule has 1 aliphatic carbocycles. The summed E-state index contributed by atoms with van der Waals surface area (Å²) in [6.07, 6.45) is 6.19. The van der Waals surface area contributed by atoms with Gasteiger partial charge in [-0.1, -0.05) is 12.8 Å². The fourth-order valence-electron chi connectivity index (χ4n) is 3.78. The van der Waals surface area contributed by atoms with Gasteiger partial charge in [-0.25, -0.2) is 0 Å². The SMILES string of the molecule is O=C(C1CCCC1)N1CCN(C(=O)C2CCOCC2)CC1. The van der Waals surface area contributed by atoms with Crippen LogP contribution in [0.4, 0.5) is 0 Å².